The molecule has 0 fully saturated rings. The van der Waals surface area contributed by atoms with E-state index in [1.54, 1.807) is 12.1 Å². The monoisotopic (exact) mass is 368 g/mol. The second-order valence-corrected chi connectivity index (χ2v) is 5.68. The molecule has 0 heterocycles. The van der Waals surface area contributed by atoms with Gasteiger partial charge in [-0.3, -0.25) is 14.9 Å². The summed E-state index contributed by atoms with van der Waals surface area (Å²) in [6.07, 6.45) is 0. The van der Waals surface area contributed by atoms with Gasteiger partial charge in [0.1, 0.15) is 5.56 Å². The number of nitrogens with one attached hydrogen (secondary N) is 1. The molecule has 0 spiro atoms. The fourth-order valence-electron chi connectivity index (χ4n) is 1.80. The maximum absolute atomic E-state index is 12.2. The zero-order valence-electron chi connectivity index (χ0n) is 10.9. The number of hydrogen-bond donors (Lipinski definition) is 1. The highest BCUT2D eigenvalue weighted by atomic mass is 79.9. The molecule has 2 rings (SSSR count). The fraction of sp³-hybridized carbons (Fsp3) is 0.0714. The van der Waals surface area contributed by atoms with Gasteiger partial charge in [0.05, 0.1) is 4.92 Å². The summed E-state index contributed by atoms with van der Waals surface area (Å²) in [5, 5.41) is 13.9. The van der Waals surface area contributed by atoms with Gasteiger partial charge in [-0.1, -0.05) is 27.5 Å². The summed E-state index contributed by atoms with van der Waals surface area (Å²) in [5.41, 5.74) is 1.07. The number of carbonyl (C=O) groups excluding carboxylic acids is 1. The molecule has 0 saturated carbocycles. The molecule has 0 aliphatic rings. The van der Waals surface area contributed by atoms with Crippen molar-refractivity contribution >= 4 is 44.8 Å². The molecule has 21 heavy (non-hydrogen) atoms. The molecule has 7 heteroatoms. The molecule has 2 aromatic rings. The highest BCUT2D eigenvalue weighted by molar-refractivity contribution is 9.10. The van der Waals surface area contributed by atoms with Gasteiger partial charge in [0.15, 0.2) is 0 Å². The lowest BCUT2D eigenvalue weighted by Gasteiger charge is -2.09. The van der Waals surface area contributed by atoms with E-state index in [9.17, 15) is 14.9 Å². The number of benzene rings is 2. The summed E-state index contributed by atoms with van der Waals surface area (Å²) in [7, 11) is 0. The van der Waals surface area contributed by atoms with E-state index < -0.39 is 10.8 Å². The van der Waals surface area contributed by atoms with E-state index in [0.29, 0.717) is 5.69 Å². The van der Waals surface area contributed by atoms with Crippen LogP contribution in [0, 0.1) is 17.0 Å². The Bertz CT molecular complexity index is 734. The van der Waals surface area contributed by atoms with E-state index in [1.807, 2.05) is 13.0 Å². The molecule has 0 radical (unpaired) electrons. The van der Waals surface area contributed by atoms with Gasteiger partial charge >= 0.3 is 0 Å². The summed E-state index contributed by atoms with van der Waals surface area (Å²) < 4.78 is 0.885. The van der Waals surface area contributed by atoms with Crippen LogP contribution in [0.3, 0.4) is 0 Å². The predicted octanol–water partition coefficient (Wildman–Crippen LogP) is 4.57. The van der Waals surface area contributed by atoms with Crippen LogP contribution in [0.4, 0.5) is 11.4 Å². The molecule has 0 aliphatic carbocycles. The Morgan fingerprint density at radius 1 is 1.29 bits per heavy atom. The Morgan fingerprint density at radius 2 is 2.00 bits per heavy atom. The van der Waals surface area contributed by atoms with Crippen molar-refractivity contribution < 1.29 is 9.72 Å². The Labute approximate surface area is 134 Å². The van der Waals surface area contributed by atoms with E-state index >= 15 is 0 Å². The number of halogens is 2. The molecule has 1 amide bonds. The van der Waals surface area contributed by atoms with Crippen LogP contribution in [0.2, 0.25) is 5.02 Å². The first-order chi connectivity index (χ1) is 9.88. The van der Waals surface area contributed by atoms with Crippen molar-refractivity contribution in [2.45, 2.75) is 6.92 Å². The van der Waals surface area contributed by atoms with Crippen molar-refractivity contribution in [3.8, 4) is 0 Å². The number of hydrogen-bond acceptors (Lipinski definition) is 3. The maximum atomic E-state index is 12.2. The Morgan fingerprint density at radius 3 is 2.62 bits per heavy atom. The number of nitrogens with zero attached hydrogens (tertiary/aromatic N) is 1. The molecule has 0 aromatic heterocycles. The van der Waals surface area contributed by atoms with Crippen molar-refractivity contribution in [1.29, 1.82) is 0 Å². The Kier molecular flexibility index (Phi) is 4.59. The van der Waals surface area contributed by atoms with Crippen molar-refractivity contribution in [2.75, 3.05) is 5.32 Å². The molecule has 0 aliphatic heterocycles. The minimum absolute atomic E-state index is 0.0354. The molecule has 5 nitrogen and oxygen atoms in total. The molecule has 1 N–H and O–H groups in total. The quantitative estimate of drug-likeness (QED) is 0.636. The average Bonchev–Trinajstić information content (AvgIpc) is 2.41. The van der Waals surface area contributed by atoms with Crippen molar-refractivity contribution in [1.82, 2.24) is 0 Å². The average molecular weight is 370 g/mol. The van der Waals surface area contributed by atoms with Gasteiger partial charge in [-0.2, -0.15) is 0 Å². The zero-order chi connectivity index (χ0) is 15.6. The Balaban J connectivity index is 2.34. The van der Waals surface area contributed by atoms with Crippen LogP contribution in [0.15, 0.2) is 40.9 Å². The largest absolute Gasteiger partial charge is 0.322 e. The van der Waals surface area contributed by atoms with Gasteiger partial charge < -0.3 is 5.32 Å². The third kappa shape index (κ3) is 3.59. The number of aryl methyl sites for hydroxylation is 1. The minimum Gasteiger partial charge on any atom is -0.322 e. The van der Waals surface area contributed by atoms with Crippen molar-refractivity contribution in [2.24, 2.45) is 0 Å². The van der Waals surface area contributed by atoms with Crippen LogP contribution in [-0.4, -0.2) is 10.8 Å². The summed E-state index contributed by atoms with van der Waals surface area (Å²) in [6, 6.07) is 9.27. The highest BCUT2D eigenvalue weighted by Crippen LogP contribution is 2.25. The number of nitro benzene ring substituents is 1. The normalized spacial score (nSPS) is 10.2. The zero-order valence-corrected chi connectivity index (χ0v) is 13.2. The second kappa shape index (κ2) is 6.24. The third-order valence-corrected chi connectivity index (χ3v) is 3.57. The molecular formula is C14H10BrClN2O3. The molecule has 2 aromatic carbocycles. The number of rotatable bonds is 3. The smallest absolute Gasteiger partial charge is 0.283 e. The van der Waals surface area contributed by atoms with E-state index in [0.717, 1.165) is 16.1 Å². The fourth-order valence-corrected chi connectivity index (χ4v) is 2.45. The van der Waals surface area contributed by atoms with Crippen LogP contribution in [0.1, 0.15) is 15.9 Å². The first-order valence-corrected chi connectivity index (χ1v) is 7.07. The number of nitro groups is 1. The van der Waals surface area contributed by atoms with Crippen LogP contribution in [-0.2, 0) is 0 Å². The van der Waals surface area contributed by atoms with E-state index in [4.69, 9.17) is 11.6 Å². The van der Waals surface area contributed by atoms with Gasteiger partial charge in [0, 0.05) is 21.2 Å². The predicted molar refractivity (Wildman–Crippen MR) is 84.9 cm³/mol. The van der Waals surface area contributed by atoms with E-state index in [1.165, 1.54) is 12.1 Å². The maximum Gasteiger partial charge on any atom is 0.283 e. The van der Waals surface area contributed by atoms with Gasteiger partial charge in [-0.05, 0) is 42.8 Å². The van der Waals surface area contributed by atoms with Crippen LogP contribution in [0.25, 0.3) is 0 Å². The first kappa shape index (κ1) is 15.5. The van der Waals surface area contributed by atoms with Crippen molar-refractivity contribution in [3.05, 3.63) is 67.1 Å². The van der Waals surface area contributed by atoms with Crippen molar-refractivity contribution in [3.63, 3.8) is 0 Å². The van der Waals surface area contributed by atoms with Gasteiger partial charge in [-0.15, -0.1) is 0 Å². The summed E-state index contributed by atoms with van der Waals surface area (Å²) in [6.45, 7) is 1.83. The van der Waals surface area contributed by atoms with Crippen LogP contribution in [0.5, 0.6) is 0 Å². The van der Waals surface area contributed by atoms with Crippen LogP contribution >= 0.6 is 27.5 Å². The number of anilines is 1. The second-order valence-electron chi connectivity index (χ2n) is 4.33. The lowest BCUT2D eigenvalue weighted by atomic mass is 10.1. The van der Waals surface area contributed by atoms with Crippen LogP contribution < -0.4 is 5.32 Å². The standard InChI is InChI=1S/C14H10BrClN2O3/c1-8-6-9(15)2-5-12(8)17-14(19)11-4-3-10(16)7-13(11)18(20)21/h2-7H,1H3,(H,17,19). The molecule has 0 unspecified atom stereocenters. The third-order valence-electron chi connectivity index (χ3n) is 2.84. The lowest BCUT2D eigenvalue weighted by Crippen LogP contribution is -2.14. The van der Waals surface area contributed by atoms with E-state index in [-0.39, 0.29) is 16.3 Å². The summed E-state index contributed by atoms with van der Waals surface area (Å²) in [5.74, 6) is -0.552. The summed E-state index contributed by atoms with van der Waals surface area (Å²) >= 11 is 9.06. The molecule has 0 saturated heterocycles. The number of amides is 1. The lowest BCUT2D eigenvalue weighted by molar-refractivity contribution is -0.385. The van der Waals surface area contributed by atoms with Gasteiger partial charge in [0.2, 0.25) is 0 Å². The van der Waals surface area contributed by atoms with Gasteiger partial charge in [0.25, 0.3) is 11.6 Å². The number of carbonyl (C=O) groups is 1. The topological polar surface area (TPSA) is 72.2 Å². The molecule has 0 atom stereocenters. The first-order valence-electron chi connectivity index (χ1n) is 5.90. The van der Waals surface area contributed by atoms with Gasteiger partial charge in [-0.25, -0.2) is 0 Å². The summed E-state index contributed by atoms with van der Waals surface area (Å²) in [4.78, 5) is 22.6. The minimum atomic E-state index is -0.630. The Hall–Kier alpha value is -1.92. The molecular weight excluding hydrogens is 360 g/mol. The molecule has 108 valence electrons. The van der Waals surface area contributed by atoms with E-state index in [2.05, 4.69) is 21.2 Å². The SMILES string of the molecule is Cc1cc(Br)ccc1NC(=O)c1ccc(Cl)cc1[N+](=O)[O-]. The molecule has 0 bridgehead atoms. The highest BCUT2D eigenvalue weighted by Gasteiger charge is 2.21.